The molecule has 4 aromatic rings. The molecule has 6 rings (SSSR count). The number of urea groups is 1. The van der Waals surface area contributed by atoms with Crippen LogP contribution in [0.4, 0.5) is 4.79 Å². The van der Waals surface area contributed by atoms with Crippen LogP contribution in [0.1, 0.15) is 41.5 Å². The molecule has 35 heavy (non-hydrogen) atoms. The number of amides is 2. The molecule has 0 unspecified atom stereocenters. The van der Waals surface area contributed by atoms with Crippen molar-refractivity contribution in [1.82, 2.24) is 34.5 Å². The largest absolute Gasteiger partial charge is 0.341 e. The van der Waals surface area contributed by atoms with Gasteiger partial charge in [0, 0.05) is 55.8 Å². The van der Waals surface area contributed by atoms with E-state index in [9.17, 15) is 10.1 Å². The van der Waals surface area contributed by atoms with E-state index in [0.717, 1.165) is 64.3 Å². The van der Waals surface area contributed by atoms with Crippen molar-refractivity contribution >= 4 is 16.9 Å². The maximum atomic E-state index is 12.4. The summed E-state index contributed by atoms with van der Waals surface area (Å²) in [5, 5.41) is 18.1. The van der Waals surface area contributed by atoms with Crippen molar-refractivity contribution in [3.63, 3.8) is 0 Å². The molecule has 1 aliphatic heterocycles. The Kier molecular flexibility index (Phi) is 4.85. The van der Waals surface area contributed by atoms with Crippen molar-refractivity contribution in [3.05, 3.63) is 53.2 Å². The van der Waals surface area contributed by atoms with E-state index in [4.69, 9.17) is 9.97 Å². The Hall–Kier alpha value is -4.19. The van der Waals surface area contributed by atoms with E-state index < -0.39 is 0 Å². The average molecular weight is 467 g/mol. The second-order valence-corrected chi connectivity index (χ2v) is 9.34. The van der Waals surface area contributed by atoms with Crippen LogP contribution in [-0.2, 0) is 20.1 Å². The minimum Gasteiger partial charge on any atom is -0.341 e. The number of aryl methyl sites for hydroxylation is 2. The van der Waals surface area contributed by atoms with Crippen LogP contribution in [0, 0.1) is 18.3 Å². The normalized spacial score (nSPS) is 15.2. The van der Waals surface area contributed by atoms with Gasteiger partial charge in [-0.05, 0) is 31.9 Å². The highest BCUT2D eigenvalue weighted by Crippen LogP contribution is 2.43. The molecule has 176 valence electrons. The molecule has 1 N–H and O–H groups in total. The molecule has 2 amide bonds. The highest BCUT2D eigenvalue weighted by Gasteiger charge is 2.34. The van der Waals surface area contributed by atoms with Crippen LogP contribution in [0.5, 0.6) is 0 Å². The van der Waals surface area contributed by atoms with Crippen molar-refractivity contribution in [2.24, 2.45) is 7.05 Å². The number of hydrogen-bond acceptors (Lipinski definition) is 5. The molecule has 1 saturated carbocycles. The molecule has 1 aromatic carbocycles. The van der Waals surface area contributed by atoms with Gasteiger partial charge in [-0.25, -0.2) is 14.8 Å². The van der Waals surface area contributed by atoms with Crippen LogP contribution < -0.4 is 5.32 Å². The number of hydrogen-bond donors (Lipinski definition) is 1. The number of nitrogens with zero attached hydrogens (tertiary/aromatic N) is 7. The Balaban J connectivity index is 1.54. The van der Waals surface area contributed by atoms with E-state index in [2.05, 4.69) is 21.1 Å². The number of nitrogens with one attached hydrogen (secondary N) is 1. The summed E-state index contributed by atoms with van der Waals surface area (Å²) >= 11 is 0. The van der Waals surface area contributed by atoms with Crippen LogP contribution in [0.3, 0.4) is 0 Å². The minimum atomic E-state index is -0.0841. The van der Waals surface area contributed by atoms with Gasteiger partial charge in [0.05, 0.1) is 40.4 Å². The number of benzene rings is 1. The van der Waals surface area contributed by atoms with E-state index in [0.29, 0.717) is 30.3 Å². The fraction of sp³-hybridized carbons (Fsp3) is 0.346. The lowest BCUT2D eigenvalue weighted by Crippen LogP contribution is -2.43. The summed E-state index contributed by atoms with van der Waals surface area (Å²) in [5.41, 5.74) is 6.49. The summed E-state index contributed by atoms with van der Waals surface area (Å²) in [4.78, 5) is 24.3. The fourth-order valence-corrected chi connectivity index (χ4v) is 5.12. The predicted octanol–water partition coefficient (Wildman–Crippen LogP) is 3.71. The first kappa shape index (κ1) is 21.4. The zero-order valence-corrected chi connectivity index (χ0v) is 20.0. The molecule has 1 fully saturated rings. The first-order valence-electron chi connectivity index (χ1n) is 11.9. The van der Waals surface area contributed by atoms with Crippen molar-refractivity contribution in [1.29, 1.82) is 5.26 Å². The molecule has 1 aliphatic carbocycles. The lowest BCUT2D eigenvalue weighted by atomic mass is 9.99. The minimum absolute atomic E-state index is 0.0841. The maximum Gasteiger partial charge on any atom is 0.317 e. The molecule has 3 aromatic heterocycles. The Labute approximate surface area is 203 Å². The van der Waals surface area contributed by atoms with E-state index >= 15 is 0 Å². The average Bonchev–Trinajstić information content (AvgIpc) is 3.57. The highest BCUT2D eigenvalue weighted by atomic mass is 16.2. The van der Waals surface area contributed by atoms with E-state index in [1.807, 2.05) is 49.3 Å². The van der Waals surface area contributed by atoms with Crippen molar-refractivity contribution in [3.8, 4) is 28.6 Å². The maximum absolute atomic E-state index is 12.4. The Morgan fingerprint density at radius 2 is 2.00 bits per heavy atom. The molecule has 4 heterocycles. The van der Waals surface area contributed by atoms with Gasteiger partial charge in [0.2, 0.25) is 0 Å². The number of aromatic nitrogens is 5. The van der Waals surface area contributed by atoms with Gasteiger partial charge >= 0.3 is 6.03 Å². The van der Waals surface area contributed by atoms with Crippen molar-refractivity contribution in [2.45, 2.75) is 38.8 Å². The number of carbonyl (C=O) groups excluding carboxylic acids is 1. The summed E-state index contributed by atoms with van der Waals surface area (Å²) in [6.45, 7) is 3.81. The SMILES string of the molecule is CNC(=O)N1CCn2c(C3CC3)nc(-c3cccc4nc(-c5cn(C)nc5C)c(C#N)cc34)c2C1. The molecule has 9 nitrogen and oxygen atoms in total. The van der Waals surface area contributed by atoms with Crippen LogP contribution >= 0.6 is 0 Å². The lowest BCUT2D eigenvalue weighted by molar-refractivity contribution is 0.185. The summed E-state index contributed by atoms with van der Waals surface area (Å²) in [7, 11) is 3.52. The van der Waals surface area contributed by atoms with E-state index in [-0.39, 0.29) is 6.03 Å². The smallest absolute Gasteiger partial charge is 0.317 e. The van der Waals surface area contributed by atoms with Crippen LogP contribution in [-0.4, -0.2) is 48.8 Å². The zero-order valence-electron chi connectivity index (χ0n) is 20.0. The first-order chi connectivity index (χ1) is 17.0. The molecule has 0 radical (unpaired) electrons. The second kappa shape index (κ2) is 7.94. The standard InChI is InChI=1S/C26H26N8O/c1-15-20(13-32(3)31-15)23-17(12-27)11-19-18(5-4-6-21(19)29-23)24-22-14-33(26(35)28-2)9-10-34(22)25(30-24)16-7-8-16/h4-6,11,13,16H,7-10,14H2,1-3H3,(H,28,35). The molecule has 2 aliphatic rings. The van der Waals surface area contributed by atoms with Crippen LogP contribution in [0.2, 0.25) is 0 Å². The number of carbonyl (C=O) groups is 1. The van der Waals surface area contributed by atoms with E-state index in [1.54, 1.807) is 11.7 Å². The van der Waals surface area contributed by atoms with Crippen LogP contribution in [0.15, 0.2) is 30.5 Å². The number of fused-ring (bicyclic) bond motifs is 2. The topological polar surface area (TPSA) is 105 Å². The van der Waals surface area contributed by atoms with Gasteiger partial charge in [-0.15, -0.1) is 0 Å². The number of imidazole rings is 1. The fourth-order valence-electron chi connectivity index (χ4n) is 5.12. The summed E-state index contributed by atoms with van der Waals surface area (Å²) in [5.74, 6) is 1.59. The first-order valence-corrected chi connectivity index (χ1v) is 11.9. The third kappa shape index (κ3) is 3.44. The zero-order chi connectivity index (χ0) is 24.3. The van der Waals surface area contributed by atoms with Crippen molar-refractivity contribution in [2.75, 3.05) is 13.6 Å². The molecular weight excluding hydrogens is 440 g/mol. The Morgan fingerprint density at radius 1 is 1.17 bits per heavy atom. The third-order valence-corrected chi connectivity index (χ3v) is 6.98. The second-order valence-electron chi connectivity index (χ2n) is 9.34. The molecule has 0 spiro atoms. The molecule has 0 atom stereocenters. The Morgan fingerprint density at radius 3 is 2.69 bits per heavy atom. The molecule has 0 bridgehead atoms. The molecular formula is C26H26N8O. The van der Waals surface area contributed by atoms with Gasteiger partial charge in [-0.1, -0.05) is 12.1 Å². The molecule has 9 heteroatoms. The summed E-state index contributed by atoms with van der Waals surface area (Å²) < 4.78 is 4.04. The highest BCUT2D eigenvalue weighted by molar-refractivity contribution is 5.97. The predicted molar refractivity (Wildman–Crippen MR) is 131 cm³/mol. The number of rotatable bonds is 3. The quantitative estimate of drug-likeness (QED) is 0.496. The van der Waals surface area contributed by atoms with Gasteiger partial charge in [0.15, 0.2) is 0 Å². The van der Waals surface area contributed by atoms with Gasteiger partial charge in [0.25, 0.3) is 0 Å². The Bertz CT molecular complexity index is 1540. The van der Waals surface area contributed by atoms with Gasteiger partial charge in [-0.2, -0.15) is 10.4 Å². The number of pyridine rings is 1. The van der Waals surface area contributed by atoms with Crippen molar-refractivity contribution < 1.29 is 4.79 Å². The van der Waals surface area contributed by atoms with Gasteiger partial charge in [0.1, 0.15) is 11.9 Å². The monoisotopic (exact) mass is 466 g/mol. The summed E-state index contributed by atoms with van der Waals surface area (Å²) in [6.07, 6.45) is 4.20. The van der Waals surface area contributed by atoms with E-state index in [1.165, 1.54) is 0 Å². The van der Waals surface area contributed by atoms with Crippen LogP contribution in [0.25, 0.3) is 33.4 Å². The lowest BCUT2D eigenvalue weighted by Gasteiger charge is -2.29. The third-order valence-electron chi connectivity index (χ3n) is 6.98. The van der Waals surface area contributed by atoms with Gasteiger partial charge in [-0.3, -0.25) is 4.68 Å². The molecule has 0 saturated heterocycles. The van der Waals surface area contributed by atoms with Gasteiger partial charge < -0.3 is 14.8 Å². The number of nitriles is 1. The summed E-state index contributed by atoms with van der Waals surface area (Å²) in [6, 6.07) is 10.2.